The van der Waals surface area contributed by atoms with E-state index in [1.807, 2.05) is 24.5 Å². The van der Waals surface area contributed by atoms with Gasteiger partial charge in [-0.05, 0) is 50.3 Å². The number of hydrogen-bond acceptors (Lipinski definition) is 3. The molecule has 0 unspecified atom stereocenters. The molecule has 1 aromatic rings. The number of carbonyl (C=O) groups excluding carboxylic acids is 1. The summed E-state index contributed by atoms with van der Waals surface area (Å²) in [6, 6.07) is 4.08. The number of aromatic nitrogens is 1. The van der Waals surface area contributed by atoms with Gasteiger partial charge in [0.05, 0.1) is 0 Å². The second kappa shape index (κ2) is 5.06. The van der Waals surface area contributed by atoms with Crippen LogP contribution in [-0.4, -0.2) is 39.6 Å². The lowest BCUT2D eigenvalue weighted by Crippen LogP contribution is -2.48. The van der Waals surface area contributed by atoms with Gasteiger partial charge in [-0.3, -0.25) is 9.78 Å². The van der Waals surface area contributed by atoms with Crippen LogP contribution in [0.3, 0.4) is 0 Å². The quantitative estimate of drug-likeness (QED) is 0.864. The van der Waals surface area contributed by atoms with Crippen molar-refractivity contribution < 1.29 is 9.90 Å². The predicted molar refractivity (Wildman–Crippen MR) is 69.1 cm³/mol. The number of aliphatic hydroxyl groups is 1. The summed E-state index contributed by atoms with van der Waals surface area (Å²) in [4.78, 5) is 17.7. The maximum atomic E-state index is 11.9. The van der Waals surface area contributed by atoms with Gasteiger partial charge in [0, 0.05) is 25.5 Å². The van der Waals surface area contributed by atoms with Crippen LogP contribution in [0.25, 0.3) is 0 Å². The highest BCUT2D eigenvalue weighted by Gasteiger charge is 2.32. The highest BCUT2D eigenvalue weighted by atomic mass is 16.3. The molecule has 98 valence electrons. The number of rotatable bonds is 2. The number of hydrogen-bond donors (Lipinski definition) is 1. The van der Waals surface area contributed by atoms with Gasteiger partial charge in [0.15, 0.2) is 0 Å². The number of pyridine rings is 1. The average molecular weight is 248 g/mol. The molecular weight excluding hydrogens is 228 g/mol. The van der Waals surface area contributed by atoms with E-state index in [4.69, 9.17) is 0 Å². The molecule has 0 bridgehead atoms. The Bertz CT molecular complexity index is 404. The van der Waals surface area contributed by atoms with E-state index in [2.05, 4.69) is 4.98 Å². The fraction of sp³-hybridized carbons (Fsp3) is 0.571. The molecule has 0 aliphatic carbocycles. The van der Waals surface area contributed by atoms with E-state index in [-0.39, 0.29) is 5.91 Å². The van der Waals surface area contributed by atoms with Gasteiger partial charge in [-0.2, -0.15) is 0 Å². The molecule has 0 atom stereocenters. The summed E-state index contributed by atoms with van der Waals surface area (Å²) < 4.78 is 0. The number of nitrogens with zero attached hydrogens (tertiary/aromatic N) is 2. The van der Waals surface area contributed by atoms with E-state index in [0.29, 0.717) is 5.92 Å². The minimum absolute atomic E-state index is 0.171. The Labute approximate surface area is 108 Å². The molecule has 18 heavy (non-hydrogen) atoms. The van der Waals surface area contributed by atoms with E-state index in [0.717, 1.165) is 25.9 Å². The van der Waals surface area contributed by atoms with Crippen molar-refractivity contribution in [1.29, 1.82) is 0 Å². The molecule has 1 N–H and O–H groups in total. The van der Waals surface area contributed by atoms with Crippen LogP contribution in [0.15, 0.2) is 24.5 Å². The molecule has 0 spiro atoms. The largest absolute Gasteiger partial charge is 0.381 e. The van der Waals surface area contributed by atoms with E-state index >= 15 is 0 Å². The number of amides is 1. The fourth-order valence-electron chi connectivity index (χ4n) is 2.44. The van der Waals surface area contributed by atoms with Gasteiger partial charge < -0.3 is 10.0 Å². The monoisotopic (exact) mass is 248 g/mol. The van der Waals surface area contributed by atoms with Crippen LogP contribution in [0.5, 0.6) is 0 Å². The van der Waals surface area contributed by atoms with E-state index in [9.17, 15) is 9.90 Å². The number of piperidine rings is 1. The van der Waals surface area contributed by atoms with Gasteiger partial charge in [0.2, 0.25) is 0 Å². The van der Waals surface area contributed by atoms with Crippen LogP contribution in [0, 0.1) is 0 Å². The lowest BCUT2D eigenvalue weighted by atomic mass is 9.89. The molecule has 4 nitrogen and oxygen atoms in total. The van der Waals surface area contributed by atoms with Crippen LogP contribution < -0.4 is 0 Å². The summed E-state index contributed by atoms with van der Waals surface area (Å²) in [5, 5.41) is 9.72. The third-order valence-electron chi connectivity index (χ3n) is 3.48. The maximum Gasteiger partial charge on any atom is 0.253 e. The van der Waals surface area contributed by atoms with Crippen molar-refractivity contribution in [3.63, 3.8) is 0 Å². The average Bonchev–Trinajstić information content (AvgIpc) is 2.38. The molecule has 1 fully saturated rings. The molecule has 0 aromatic carbocycles. The molecule has 2 heterocycles. The first-order valence-corrected chi connectivity index (χ1v) is 6.40. The van der Waals surface area contributed by atoms with Crippen molar-refractivity contribution in [3.8, 4) is 0 Å². The van der Waals surface area contributed by atoms with Crippen LogP contribution in [-0.2, 0) is 4.79 Å². The summed E-state index contributed by atoms with van der Waals surface area (Å²) in [6.45, 7) is 4.53. The zero-order valence-corrected chi connectivity index (χ0v) is 11.0. The Morgan fingerprint density at radius 1 is 1.33 bits per heavy atom. The predicted octanol–water partition coefficient (Wildman–Crippen LogP) is 1.56. The zero-order chi connectivity index (χ0) is 13.2. The van der Waals surface area contributed by atoms with Gasteiger partial charge in [-0.25, -0.2) is 0 Å². The van der Waals surface area contributed by atoms with Crippen LogP contribution >= 0.6 is 0 Å². The summed E-state index contributed by atoms with van der Waals surface area (Å²) >= 11 is 0. The SMILES string of the molecule is CC(C)(O)C(=O)N1CCC(c2ccncc2)CC1. The summed E-state index contributed by atoms with van der Waals surface area (Å²) in [7, 11) is 0. The van der Waals surface area contributed by atoms with Crippen LogP contribution in [0.2, 0.25) is 0 Å². The Balaban J connectivity index is 1.95. The van der Waals surface area contributed by atoms with Crippen LogP contribution in [0.1, 0.15) is 38.2 Å². The minimum Gasteiger partial charge on any atom is -0.381 e. The van der Waals surface area contributed by atoms with Crippen molar-refractivity contribution in [3.05, 3.63) is 30.1 Å². The van der Waals surface area contributed by atoms with Crippen molar-refractivity contribution in [1.82, 2.24) is 9.88 Å². The summed E-state index contributed by atoms with van der Waals surface area (Å²) in [5.74, 6) is 0.328. The Morgan fingerprint density at radius 2 is 1.89 bits per heavy atom. The van der Waals surface area contributed by atoms with Crippen molar-refractivity contribution in [2.45, 2.75) is 38.2 Å². The third-order valence-corrected chi connectivity index (χ3v) is 3.48. The molecule has 1 aliphatic heterocycles. The van der Waals surface area contributed by atoms with Gasteiger partial charge in [-0.15, -0.1) is 0 Å². The van der Waals surface area contributed by atoms with Gasteiger partial charge in [0.25, 0.3) is 5.91 Å². The summed E-state index contributed by atoms with van der Waals surface area (Å²) in [5.41, 5.74) is 0.0316. The molecule has 0 radical (unpaired) electrons. The van der Waals surface area contributed by atoms with Gasteiger partial charge in [-0.1, -0.05) is 0 Å². The maximum absolute atomic E-state index is 11.9. The molecule has 1 saturated heterocycles. The number of carbonyl (C=O) groups is 1. The topological polar surface area (TPSA) is 53.4 Å². The Hall–Kier alpha value is -1.42. The first-order valence-electron chi connectivity index (χ1n) is 6.40. The molecule has 1 aromatic heterocycles. The molecule has 1 amide bonds. The smallest absolute Gasteiger partial charge is 0.253 e. The molecule has 0 saturated carbocycles. The van der Waals surface area contributed by atoms with Crippen molar-refractivity contribution >= 4 is 5.91 Å². The molecule has 4 heteroatoms. The lowest BCUT2D eigenvalue weighted by molar-refractivity contribution is -0.148. The molecule has 1 aliphatic rings. The standard InChI is InChI=1S/C14H20N2O2/c1-14(2,18)13(17)16-9-5-12(6-10-16)11-3-7-15-8-4-11/h3-4,7-8,12,18H,5-6,9-10H2,1-2H3. The zero-order valence-electron chi connectivity index (χ0n) is 11.0. The normalized spacial score (nSPS) is 17.8. The first-order chi connectivity index (χ1) is 8.48. The van der Waals surface area contributed by atoms with Crippen molar-refractivity contribution in [2.75, 3.05) is 13.1 Å². The Morgan fingerprint density at radius 3 is 2.39 bits per heavy atom. The second-order valence-corrected chi connectivity index (χ2v) is 5.41. The minimum atomic E-state index is -1.26. The first kappa shape index (κ1) is 13.0. The highest BCUT2D eigenvalue weighted by Crippen LogP contribution is 2.28. The third kappa shape index (κ3) is 2.88. The molecule has 2 rings (SSSR count). The molecular formula is C14H20N2O2. The fourth-order valence-corrected chi connectivity index (χ4v) is 2.44. The second-order valence-electron chi connectivity index (χ2n) is 5.41. The lowest BCUT2D eigenvalue weighted by Gasteiger charge is -2.35. The highest BCUT2D eigenvalue weighted by molar-refractivity contribution is 5.84. The Kier molecular flexibility index (Phi) is 3.66. The van der Waals surface area contributed by atoms with E-state index in [1.54, 1.807) is 18.7 Å². The van der Waals surface area contributed by atoms with E-state index < -0.39 is 5.60 Å². The van der Waals surface area contributed by atoms with Crippen molar-refractivity contribution in [2.24, 2.45) is 0 Å². The summed E-state index contributed by atoms with van der Waals surface area (Å²) in [6.07, 6.45) is 5.52. The van der Waals surface area contributed by atoms with E-state index in [1.165, 1.54) is 5.56 Å². The van der Waals surface area contributed by atoms with Crippen LogP contribution in [0.4, 0.5) is 0 Å². The number of likely N-dealkylation sites (tertiary alicyclic amines) is 1. The van der Waals surface area contributed by atoms with Gasteiger partial charge >= 0.3 is 0 Å². The van der Waals surface area contributed by atoms with Gasteiger partial charge in [0.1, 0.15) is 5.60 Å².